The summed E-state index contributed by atoms with van der Waals surface area (Å²) in [5.74, 6) is 1.58. The fourth-order valence-corrected chi connectivity index (χ4v) is 5.30. The van der Waals surface area contributed by atoms with Gasteiger partial charge in [0.1, 0.15) is 11.5 Å². The van der Waals surface area contributed by atoms with Crippen molar-refractivity contribution in [3.8, 4) is 11.5 Å². The molecule has 3 rings (SSSR count). The van der Waals surface area contributed by atoms with E-state index in [0.717, 1.165) is 56.7 Å². The second-order valence-corrected chi connectivity index (χ2v) is 9.10. The molecule has 6 heteroatoms. The van der Waals surface area contributed by atoms with Crippen LogP contribution in [0.1, 0.15) is 6.42 Å². The Kier molecular flexibility index (Phi) is 7.08. The van der Waals surface area contributed by atoms with Crippen LogP contribution in [0.2, 0.25) is 6.04 Å². The van der Waals surface area contributed by atoms with Crippen molar-refractivity contribution in [1.29, 1.82) is 0 Å². The van der Waals surface area contributed by atoms with Crippen LogP contribution in [-0.2, 0) is 4.43 Å². The van der Waals surface area contributed by atoms with Gasteiger partial charge in [-0.05, 0) is 37.2 Å². The molecule has 0 radical (unpaired) electrons. The predicted molar refractivity (Wildman–Crippen MR) is 106 cm³/mol. The van der Waals surface area contributed by atoms with Gasteiger partial charge in [-0.25, -0.2) is 0 Å². The summed E-state index contributed by atoms with van der Waals surface area (Å²) in [4.78, 5) is 2.48. The van der Waals surface area contributed by atoms with Crippen molar-refractivity contribution >= 4 is 8.80 Å². The highest BCUT2D eigenvalue weighted by Crippen LogP contribution is 2.25. The molecule has 0 atom stereocenters. The second-order valence-electron chi connectivity index (χ2n) is 6.41. The van der Waals surface area contributed by atoms with Crippen LogP contribution in [0.3, 0.4) is 0 Å². The first-order valence-corrected chi connectivity index (χ1v) is 11.2. The molecular weight excluding hydrogens is 344 g/mol. The zero-order chi connectivity index (χ0) is 18.1. The van der Waals surface area contributed by atoms with Crippen LogP contribution in [0.4, 0.5) is 0 Å². The van der Waals surface area contributed by atoms with Crippen molar-refractivity contribution in [1.82, 2.24) is 10.2 Å². The van der Waals surface area contributed by atoms with Gasteiger partial charge in [0.2, 0.25) is 0 Å². The number of piperazine rings is 1. The topological polar surface area (TPSA) is 43.0 Å². The fourth-order valence-electron chi connectivity index (χ4n) is 3.10. The molecule has 140 valence electrons. The summed E-state index contributed by atoms with van der Waals surface area (Å²) in [5, 5.41) is 3.39. The first-order chi connectivity index (χ1) is 12.8. The molecule has 1 aliphatic rings. The quantitative estimate of drug-likeness (QED) is 0.686. The number of para-hydroxylation sites is 2. The van der Waals surface area contributed by atoms with E-state index in [1.165, 1.54) is 0 Å². The van der Waals surface area contributed by atoms with Gasteiger partial charge >= 0.3 is 8.80 Å². The smallest absolute Gasteiger partial charge is 0.492 e. The molecule has 1 saturated heterocycles. The number of rotatable bonds is 9. The predicted octanol–water partition coefficient (Wildman–Crippen LogP) is 3.03. The number of nitrogens with zero attached hydrogens (tertiary/aromatic N) is 1. The van der Waals surface area contributed by atoms with Gasteiger partial charge in [-0.15, -0.1) is 0 Å². The largest absolute Gasteiger partial charge is 0.631 e. The zero-order valence-corrected chi connectivity index (χ0v) is 16.4. The second kappa shape index (κ2) is 9.73. The number of hydrogen-bond donors (Lipinski definition) is 1. The molecule has 2 aromatic rings. The van der Waals surface area contributed by atoms with Gasteiger partial charge < -0.3 is 23.5 Å². The van der Waals surface area contributed by atoms with Crippen LogP contribution in [0.15, 0.2) is 60.7 Å². The molecule has 5 nitrogen and oxygen atoms in total. The molecule has 0 aromatic heterocycles. The van der Waals surface area contributed by atoms with E-state index in [2.05, 4.69) is 10.2 Å². The van der Waals surface area contributed by atoms with E-state index in [9.17, 15) is 0 Å². The normalized spacial score (nSPS) is 15.6. The summed E-state index contributed by atoms with van der Waals surface area (Å²) in [6, 6.07) is 20.4. The third-order valence-corrected chi connectivity index (χ3v) is 7.19. The SMILES string of the molecule is CO[Si](CCCN1CCNCC1)(Oc1ccccc1)Oc1ccccc1. The van der Waals surface area contributed by atoms with Crippen molar-refractivity contribution in [2.24, 2.45) is 0 Å². The molecule has 1 aliphatic heterocycles. The molecular formula is C20H28N2O3Si. The highest BCUT2D eigenvalue weighted by molar-refractivity contribution is 6.62. The molecule has 0 amide bonds. The Morgan fingerprint density at radius 1 is 0.885 bits per heavy atom. The highest BCUT2D eigenvalue weighted by Gasteiger charge is 2.45. The maximum Gasteiger partial charge on any atom is 0.631 e. The molecule has 0 unspecified atom stereocenters. The molecule has 26 heavy (non-hydrogen) atoms. The maximum absolute atomic E-state index is 6.31. The van der Waals surface area contributed by atoms with Crippen molar-refractivity contribution in [2.75, 3.05) is 39.8 Å². The Morgan fingerprint density at radius 2 is 1.42 bits per heavy atom. The summed E-state index contributed by atoms with van der Waals surface area (Å²) >= 11 is 0. The van der Waals surface area contributed by atoms with Crippen LogP contribution < -0.4 is 14.2 Å². The van der Waals surface area contributed by atoms with Crippen LogP contribution in [-0.4, -0.2) is 53.5 Å². The lowest BCUT2D eigenvalue weighted by Gasteiger charge is -2.31. The number of nitrogens with one attached hydrogen (secondary N) is 1. The van der Waals surface area contributed by atoms with Crippen LogP contribution >= 0.6 is 0 Å². The molecule has 2 aromatic carbocycles. The Labute approximate surface area is 157 Å². The average Bonchev–Trinajstić information content (AvgIpc) is 2.70. The van der Waals surface area contributed by atoms with E-state index in [-0.39, 0.29) is 0 Å². The van der Waals surface area contributed by atoms with Crippen LogP contribution in [0.5, 0.6) is 11.5 Å². The maximum atomic E-state index is 6.31. The summed E-state index contributed by atoms with van der Waals surface area (Å²) in [7, 11) is -1.18. The fraction of sp³-hybridized carbons (Fsp3) is 0.400. The summed E-state index contributed by atoms with van der Waals surface area (Å²) in [6.07, 6.45) is 0.986. The highest BCUT2D eigenvalue weighted by atomic mass is 28.4. The lowest BCUT2D eigenvalue weighted by Crippen LogP contribution is -2.52. The molecule has 0 bridgehead atoms. The monoisotopic (exact) mass is 372 g/mol. The van der Waals surface area contributed by atoms with Crippen molar-refractivity contribution in [3.05, 3.63) is 60.7 Å². The van der Waals surface area contributed by atoms with Crippen molar-refractivity contribution < 1.29 is 13.3 Å². The van der Waals surface area contributed by atoms with Gasteiger partial charge in [-0.1, -0.05) is 36.4 Å². The van der Waals surface area contributed by atoms with E-state index in [0.29, 0.717) is 0 Å². The number of hydrogen-bond acceptors (Lipinski definition) is 5. The van der Waals surface area contributed by atoms with Crippen LogP contribution in [0, 0.1) is 0 Å². The van der Waals surface area contributed by atoms with Gasteiger partial charge in [0, 0.05) is 39.3 Å². The molecule has 1 N–H and O–H groups in total. The van der Waals surface area contributed by atoms with Crippen LogP contribution in [0.25, 0.3) is 0 Å². The first-order valence-electron chi connectivity index (χ1n) is 9.26. The third kappa shape index (κ3) is 5.57. The molecule has 0 aliphatic carbocycles. The number of benzene rings is 2. The minimum atomic E-state index is -2.88. The lowest BCUT2D eigenvalue weighted by atomic mass is 10.3. The molecule has 0 spiro atoms. The summed E-state index contributed by atoms with van der Waals surface area (Å²) in [5.41, 5.74) is 0. The van der Waals surface area contributed by atoms with Gasteiger partial charge in [-0.2, -0.15) is 0 Å². The summed E-state index contributed by atoms with van der Waals surface area (Å²) < 4.78 is 18.5. The standard InChI is InChI=1S/C20H28N2O3Si/c1-23-26(24-19-9-4-2-5-10-19,25-20-11-6-3-7-12-20)18-8-15-22-16-13-21-14-17-22/h2-7,9-12,21H,8,13-18H2,1H3. The minimum absolute atomic E-state index is 0.775. The first kappa shape index (κ1) is 18.9. The van der Waals surface area contributed by atoms with E-state index in [1.54, 1.807) is 7.11 Å². The Balaban J connectivity index is 1.68. The van der Waals surface area contributed by atoms with Gasteiger partial charge in [0.05, 0.1) is 0 Å². The van der Waals surface area contributed by atoms with E-state index in [4.69, 9.17) is 13.3 Å². The minimum Gasteiger partial charge on any atom is -0.492 e. The van der Waals surface area contributed by atoms with Crippen molar-refractivity contribution in [3.63, 3.8) is 0 Å². The third-order valence-electron chi connectivity index (χ3n) is 4.51. The van der Waals surface area contributed by atoms with Gasteiger partial charge in [0.15, 0.2) is 0 Å². The zero-order valence-electron chi connectivity index (χ0n) is 15.4. The summed E-state index contributed by atoms with van der Waals surface area (Å²) in [6.45, 7) is 5.36. The Morgan fingerprint density at radius 3 is 1.92 bits per heavy atom. The van der Waals surface area contributed by atoms with Gasteiger partial charge in [-0.3, -0.25) is 0 Å². The van der Waals surface area contributed by atoms with Crippen molar-refractivity contribution in [2.45, 2.75) is 12.5 Å². The molecule has 1 fully saturated rings. The van der Waals surface area contributed by atoms with E-state index < -0.39 is 8.80 Å². The average molecular weight is 373 g/mol. The van der Waals surface area contributed by atoms with E-state index >= 15 is 0 Å². The van der Waals surface area contributed by atoms with Gasteiger partial charge in [0.25, 0.3) is 0 Å². The Hall–Kier alpha value is -1.86. The molecule has 0 saturated carbocycles. The molecule has 1 heterocycles. The lowest BCUT2D eigenvalue weighted by molar-refractivity contribution is 0.195. The van der Waals surface area contributed by atoms with E-state index in [1.807, 2.05) is 60.7 Å². The Bertz CT molecular complexity index is 595.